The number of aryl methyl sites for hydroxylation is 1. The molecule has 0 radical (unpaired) electrons. The molecule has 0 aliphatic rings. The first-order valence-corrected chi connectivity index (χ1v) is 7.33. The molecule has 0 heterocycles. The van der Waals surface area contributed by atoms with E-state index in [0.717, 1.165) is 30.8 Å². The number of hydrogen-bond donors (Lipinski definition) is 2. The van der Waals surface area contributed by atoms with Crippen molar-refractivity contribution in [2.45, 2.75) is 33.2 Å². The van der Waals surface area contributed by atoms with Gasteiger partial charge in [-0.1, -0.05) is 6.92 Å². The fourth-order valence-corrected chi connectivity index (χ4v) is 2.09. The number of nitrogens with two attached hydrogens (primary N) is 1. The molecule has 0 saturated carbocycles. The van der Waals surface area contributed by atoms with Crippen LogP contribution in [0.1, 0.15) is 36.2 Å². The van der Waals surface area contributed by atoms with E-state index in [1.165, 1.54) is 7.11 Å². The quantitative estimate of drug-likeness (QED) is 0.597. The lowest BCUT2D eigenvalue weighted by Gasteiger charge is -2.23. The van der Waals surface area contributed by atoms with Gasteiger partial charge in [0.25, 0.3) is 0 Å². The van der Waals surface area contributed by atoms with E-state index in [9.17, 15) is 4.79 Å². The van der Waals surface area contributed by atoms with Crippen molar-refractivity contribution >= 4 is 17.3 Å². The number of nitrogens with one attached hydrogen (secondary N) is 1. The van der Waals surface area contributed by atoms with Crippen molar-refractivity contribution < 1.29 is 9.53 Å². The van der Waals surface area contributed by atoms with Crippen LogP contribution in [0.2, 0.25) is 0 Å². The van der Waals surface area contributed by atoms with Gasteiger partial charge in [0.1, 0.15) is 0 Å². The molecule has 0 fully saturated rings. The van der Waals surface area contributed by atoms with Crippen LogP contribution in [-0.2, 0) is 4.74 Å². The van der Waals surface area contributed by atoms with Crippen molar-refractivity contribution in [2.75, 3.05) is 38.3 Å². The van der Waals surface area contributed by atoms with Crippen molar-refractivity contribution in [1.82, 2.24) is 4.90 Å². The third kappa shape index (κ3) is 4.63. The highest BCUT2D eigenvalue weighted by Crippen LogP contribution is 2.23. The van der Waals surface area contributed by atoms with Gasteiger partial charge in [-0.2, -0.15) is 0 Å². The van der Waals surface area contributed by atoms with Crippen LogP contribution in [0.15, 0.2) is 12.1 Å². The average molecular weight is 293 g/mol. The van der Waals surface area contributed by atoms with Gasteiger partial charge in [0.2, 0.25) is 0 Å². The number of likely N-dealkylation sites (N-methyl/N-ethyl adjacent to an activating group) is 1. The van der Waals surface area contributed by atoms with E-state index in [0.29, 0.717) is 17.3 Å². The first-order valence-electron chi connectivity index (χ1n) is 7.33. The average Bonchev–Trinajstić information content (AvgIpc) is 2.48. The summed E-state index contributed by atoms with van der Waals surface area (Å²) < 4.78 is 4.76. The standard InChI is InChI=1S/C16H27N3O2/c1-6-12(3)19(4)8-7-18-13-9-11(2)15(17)14(10-13)16(20)21-5/h9-10,12,18H,6-8,17H2,1-5H3. The van der Waals surface area contributed by atoms with Crippen molar-refractivity contribution in [3.63, 3.8) is 0 Å². The SMILES string of the molecule is CCC(C)N(C)CCNc1cc(C)c(N)c(C(=O)OC)c1. The Morgan fingerprint density at radius 1 is 1.48 bits per heavy atom. The summed E-state index contributed by atoms with van der Waals surface area (Å²) in [4.78, 5) is 14.0. The smallest absolute Gasteiger partial charge is 0.340 e. The van der Waals surface area contributed by atoms with Crippen molar-refractivity contribution in [3.8, 4) is 0 Å². The summed E-state index contributed by atoms with van der Waals surface area (Å²) in [5, 5.41) is 3.34. The van der Waals surface area contributed by atoms with Gasteiger partial charge < -0.3 is 20.7 Å². The van der Waals surface area contributed by atoms with Gasteiger partial charge in [-0.15, -0.1) is 0 Å². The lowest BCUT2D eigenvalue weighted by molar-refractivity contribution is 0.0602. The molecule has 5 heteroatoms. The summed E-state index contributed by atoms with van der Waals surface area (Å²) in [6.45, 7) is 8.03. The molecule has 1 rings (SSSR count). The molecule has 1 aromatic carbocycles. The largest absolute Gasteiger partial charge is 0.465 e. The second-order valence-electron chi connectivity index (χ2n) is 5.41. The van der Waals surface area contributed by atoms with E-state index in [4.69, 9.17) is 10.5 Å². The third-order valence-electron chi connectivity index (χ3n) is 3.93. The van der Waals surface area contributed by atoms with Gasteiger partial charge in [0.05, 0.1) is 12.7 Å². The molecule has 21 heavy (non-hydrogen) atoms. The Bertz CT molecular complexity index is 489. The van der Waals surface area contributed by atoms with Crippen molar-refractivity contribution in [1.29, 1.82) is 0 Å². The number of anilines is 2. The Morgan fingerprint density at radius 2 is 2.14 bits per heavy atom. The number of benzene rings is 1. The Balaban J connectivity index is 2.72. The molecule has 0 aliphatic carbocycles. The van der Waals surface area contributed by atoms with Crippen LogP contribution in [0.3, 0.4) is 0 Å². The molecule has 1 aromatic rings. The van der Waals surface area contributed by atoms with Crippen LogP contribution < -0.4 is 11.1 Å². The minimum Gasteiger partial charge on any atom is -0.465 e. The highest BCUT2D eigenvalue weighted by atomic mass is 16.5. The second kappa shape index (κ2) is 7.88. The zero-order valence-electron chi connectivity index (χ0n) is 13.7. The normalized spacial score (nSPS) is 12.3. The van der Waals surface area contributed by atoms with Gasteiger partial charge >= 0.3 is 5.97 Å². The van der Waals surface area contributed by atoms with E-state index >= 15 is 0 Å². The van der Waals surface area contributed by atoms with Crippen LogP contribution >= 0.6 is 0 Å². The summed E-state index contributed by atoms with van der Waals surface area (Å²) in [6.07, 6.45) is 1.13. The van der Waals surface area contributed by atoms with Gasteiger partial charge in [0, 0.05) is 30.5 Å². The molecular weight excluding hydrogens is 266 g/mol. The molecule has 1 atom stereocenters. The molecule has 0 aliphatic heterocycles. The Kier molecular flexibility index (Phi) is 6.49. The van der Waals surface area contributed by atoms with Gasteiger partial charge in [-0.05, 0) is 45.0 Å². The van der Waals surface area contributed by atoms with Crippen LogP contribution in [-0.4, -0.2) is 44.2 Å². The number of carbonyl (C=O) groups is 1. The minimum atomic E-state index is -0.407. The van der Waals surface area contributed by atoms with Crippen molar-refractivity contribution in [2.24, 2.45) is 0 Å². The van der Waals surface area contributed by atoms with Crippen LogP contribution in [0.5, 0.6) is 0 Å². The molecule has 0 spiro atoms. The zero-order valence-corrected chi connectivity index (χ0v) is 13.7. The number of nitrogen functional groups attached to an aromatic ring is 1. The number of esters is 1. The summed E-state index contributed by atoms with van der Waals surface area (Å²) in [6, 6.07) is 4.26. The molecule has 118 valence electrons. The summed E-state index contributed by atoms with van der Waals surface area (Å²) in [7, 11) is 3.47. The molecule has 0 aromatic heterocycles. The third-order valence-corrected chi connectivity index (χ3v) is 3.93. The number of methoxy groups -OCH3 is 1. The van der Waals surface area contributed by atoms with Gasteiger partial charge in [0.15, 0.2) is 0 Å². The first kappa shape index (κ1) is 17.3. The predicted molar refractivity (Wildman–Crippen MR) is 87.8 cm³/mol. The molecule has 3 N–H and O–H groups in total. The number of hydrogen-bond acceptors (Lipinski definition) is 5. The topological polar surface area (TPSA) is 67.6 Å². The fourth-order valence-electron chi connectivity index (χ4n) is 2.09. The number of rotatable bonds is 7. The lowest BCUT2D eigenvalue weighted by atomic mass is 10.1. The van der Waals surface area contributed by atoms with E-state index in [1.54, 1.807) is 6.07 Å². The van der Waals surface area contributed by atoms with Crippen LogP contribution in [0, 0.1) is 6.92 Å². The lowest BCUT2D eigenvalue weighted by Crippen LogP contribution is -2.32. The van der Waals surface area contributed by atoms with Crippen LogP contribution in [0.4, 0.5) is 11.4 Å². The maximum Gasteiger partial charge on any atom is 0.340 e. The zero-order chi connectivity index (χ0) is 16.0. The highest BCUT2D eigenvalue weighted by molar-refractivity contribution is 5.97. The summed E-state index contributed by atoms with van der Waals surface area (Å²) >= 11 is 0. The van der Waals surface area contributed by atoms with Crippen molar-refractivity contribution in [3.05, 3.63) is 23.3 Å². The maximum absolute atomic E-state index is 11.7. The molecule has 0 saturated heterocycles. The van der Waals surface area contributed by atoms with E-state index in [1.807, 2.05) is 13.0 Å². The Hall–Kier alpha value is -1.75. The van der Waals surface area contributed by atoms with E-state index in [2.05, 4.69) is 31.1 Å². The fraction of sp³-hybridized carbons (Fsp3) is 0.562. The maximum atomic E-state index is 11.7. The minimum absolute atomic E-state index is 0.407. The molecule has 0 bridgehead atoms. The van der Waals surface area contributed by atoms with Crippen LogP contribution in [0.25, 0.3) is 0 Å². The second-order valence-corrected chi connectivity index (χ2v) is 5.41. The molecule has 0 amide bonds. The Morgan fingerprint density at radius 3 is 2.71 bits per heavy atom. The van der Waals surface area contributed by atoms with E-state index < -0.39 is 5.97 Å². The van der Waals surface area contributed by atoms with E-state index in [-0.39, 0.29) is 0 Å². The number of carbonyl (C=O) groups excluding carboxylic acids is 1. The van der Waals surface area contributed by atoms with Gasteiger partial charge in [-0.25, -0.2) is 4.79 Å². The Labute approximate surface area is 127 Å². The van der Waals surface area contributed by atoms with Gasteiger partial charge in [-0.3, -0.25) is 0 Å². The monoisotopic (exact) mass is 293 g/mol. The number of nitrogens with zero attached hydrogens (tertiary/aromatic N) is 1. The summed E-state index contributed by atoms with van der Waals surface area (Å²) in [5.74, 6) is -0.407. The summed E-state index contributed by atoms with van der Waals surface area (Å²) in [5.41, 5.74) is 8.57. The molecule has 1 unspecified atom stereocenters. The molecule has 5 nitrogen and oxygen atoms in total. The first-order chi connectivity index (χ1) is 9.90. The number of ether oxygens (including phenoxy) is 1. The predicted octanol–water partition coefficient (Wildman–Crippen LogP) is 2.51. The highest BCUT2D eigenvalue weighted by Gasteiger charge is 2.13. The molecular formula is C16H27N3O2.